The van der Waals surface area contributed by atoms with E-state index in [4.69, 9.17) is 15.6 Å². The van der Waals surface area contributed by atoms with Crippen molar-refractivity contribution in [2.45, 2.75) is 4.90 Å². The van der Waals surface area contributed by atoms with Gasteiger partial charge >= 0.3 is 0 Å². The van der Waals surface area contributed by atoms with Gasteiger partial charge in [-0.3, -0.25) is 10.1 Å². The van der Waals surface area contributed by atoms with Crippen LogP contribution in [0.1, 0.15) is 0 Å². The first-order chi connectivity index (χ1) is 9.30. The molecule has 0 aromatic heterocycles. The maximum atomic E-state index is 11.5. The van der Waals surface area contributed by atoms with E-state index in [2.05, 4.69) is 0 Å². The number of nitrogens with two attached hydrogens (primary N) is 2. The summed E-state index contributed by atoms with van der Waals surface area (Å²) < 4.78 is 28.2. The summed E-state index contributed by atoms with van der Waals surface area (Å²) in [6.45, 7) is 1.81. The van der Waals surface area contributed by atoms with Gasteiger partial charge in [-0.1, -0.05) is 0 Å². The molecule has 0 atom stereocenters. The second-order valence-corrected chi connectivity index (χ2v) is 5.81. The predicted octanol–water partition coefficient (Wildman–Crippen LogP) is -0.339. The van der Waals surface area contributed by atoms with Gasteiger partial charge in [0.1, 0.15) is 4.90 Å². The van der Waals surface area contributed by atoms with Gasteiger partial charge in [0.05, 0.1) is 29.5 Å². The summed E-state index contributed by atoms with van der Waals surface area (Å²) in [7, 11) is -4.14. The topological polar surface area (TPSA) is 142 Å². The second kappa shape index (κ2) is 5.23. The highest BCUT2D eigenvalue weighted by Gasteiger charge is 2.25. The number of anilines is 2. The zero-order valence-corrected chi connectivity index (χ0v) is 11.3. The number of non-ortho nitro benzene ring substituents is 1. The Balaban J connectivity index is 2.60. The summed E-state index contributed by atoms with van der Waals surface area (Å²) in [5.41, 5.74) is 5.63. The molecule has 10 heteroatoms. The maximum Gasteiger partial charge on any atom is 0.273 e. The molecule has 0 unspecified atom stereocenters. The van der Waals surface area contributed by atoms with Crippen molar-refractivity contribution >= 4 is 27.1 Å². The number of primary sulfonamides is 1. The molecule has 1 heterocycles. The zero-order valence-electron chi connectivity index (χ0n) is 10.5. The van der Waals surface area contributed by atoms with Crippen LogP contribution in [0, 0.1) is 10.1 Å². The van der Waals surface area contributed by atoms with Gasteiger partial charge in [-0.15, -0.1) is 0 Å². The van der Waals surface area contributed by atoms with Crippen molar-refractivity contribution in [3.8, 4) is 0 Å². The fourth-order valence-corrected chi connectivity index (χ4v) is 2.70. The number of rotatable bonds is 3. The number of nitrogens with zero attached hydrogens (tertiary/aromatic N) is 2. The third-order valence-electron chi connectivity index (χ3n) is 2.97. The van der Waals surface area contributed by atoms with Gasteiger partial charge < -0.3 is 15.4 Å². The lowest BCUT2D eigenvalue weighted by Gasteiger charge is -2.30. The van der Waals surface area contributed by atoms with Crippen LogP contribution in [0.2, 0.25) is 0 Å². The van der Waals surface area contributed by atoms with Gasteiger partial charge in [0.25, 0.3) is 5.69 Å². The van der Waals surface area contributed by atoms with Crippen LogP contribution in [0.25, 0.3) is 0 Å². The van der Waals surface area contributed by atoms with Crippen LogP contribution in [-0.2, 0) is 14.8 Å². The number of hydrogen-bond donors (Lipinski definition) is 2. The molecular formula is C10H14N4O5S. The summed E-state index contributed by atoms with van der Waals surface area (Å²) in [4.78, 5) is 11.5. The molecule has 0 saturated carbocycles. The summed E-state index contributed by atoms with van der Waals surface area (Å²) in [5.74, 6) is 0. The minimum absolute atomic E-state index is 0.0833. The Kier molecular flexibility index (Phi) is 3.79. The first kappa shape index (κ1) is 14.5. The molecule has 1 aliphatic heterocycles. The van der Waals surface area contributed by atoms with Crippen LogP contribution < -0.4 is 15.8 Å². The van der Waals surface area contributed by atoms with Crippen molar-refractivity contribution in [2.75, 3.05) is 36.9 Å². The lowest BCUT2D eigenvalue weighted by atomic mass is 10.2. The number of hydrogen-bond acceptors (Lipinski definition) is 7. The lowest BCUT2D eigenvalue weighted by molar-refractivity contribution is -0.385. The van der Waals surface area contributed by atoms with E-state index in [9.17, 15) is 18.5 Å². The van der Waals surface area contributed by atoms with Crippen LogP contribution >= 0.6 is 0 Å². The Bertz CT molecular complexity index is 639. The van der Waals surface area contributed by atoms with Crippen LogP contribution in [0.3, 0.4) is 0 Å². The summed E-state index contributed by atoms with van der Waals surface area (Å²) in [6.07, 6.45) is 0. The lowest BCUT2D eigenvalue weighted by Crippen LogP contribution is -2.37. The number of ether oxygens (including phenoxy) is 1. The van der Waals surface area contributed by atoms with E-state index >= 15 is 0 Å². The average molecular weight is 302 g/mol. The van der Waals surface area contributed by atoms with E-state index in [1.54, 1.807) is 4.90 Å². The third kappa shape index (κ3) is 2.81. The number of morpholine rings is 1. The van der Waals surface area contributed by atoms with Gasteiger partial charge in [-0.2, -0.15) is 0 Å². The summed E-state index contributed by atoms with van der Waals surface area (Å²) >= 11 is 0. The zero-order chi connectivity index (χ0) is 14.9. The minimum atomic E-state index is -4.14. The Hall–Kier alpha value is -1.91. The number of benzene rings is 1. The summed E-state index contributed by atoms with van der Waals surface area (Å²) in [5, 5.41) is 16.0. The van der Waals surface area contributed by atoms with Gasteiger partial charge in [0.2, 0.25) is 10.0 Å². The van der Waals surface area contributed by atoms with E-state index in [0.717, 1.165) is 6.07 Å². The van der Waals surface area contributed by atoms with Crippen LogP contribution in [0.15, 0.2) is 17.0 Å². The molecule has 110 valence electrons. The number of nitro groups is 1. The molecule has 1 fully saturated rings. The fraction of sp³-hybridized carbons (Fsp3) is 0.400. The standard InChI is InChI=1S/C10H14N4O5S/c11-10-8(13-1-3-19-4-2-13)5-7(14(15)16)6-9(10)20(12,17)18/h5-6H,1-4,11H2,(H2,12,17,18). The number of nitrogen functional groups attached to an aromatic ring is 1. The monoisotopic (exact) mass is 302 g/mol. The quantitative estimate of drug-likeness (QED) is 0.442. The molecule has 1 aromatic carbocycles. The molecule has 1 saturated heterocycles. The molecule has 4 N–H and O–H groups in total. The predicted molar refractivity (Wildman–Crippen MR) is 71.9 cm³/mol. The highest BCUT2D eigenvalue weighted by molar-refractivity contribution is 7.89. The Morgan fingerprint density at radius 3 is 2.40 bits per heavy atom. The van der Waals surface area contributed by atoms with Crippen molar-refractivity contribution in [1.29, 1.82) is 0 Å². The van der Waals surface area contributed by atoms with Crippen LogP contribution in [-0.4, -0.2) is 39.6 Å². The van der Waals surface area contributed by atoms with Crippen LogP contribution in [0.5, 0.6) is 0 Å². The van der Waals surface area contributed by atoms with Crippen molar-refractivity contribution in [3.63, 3.8) is 0 Å². The van der Waals surface area contributed by atoms with E-state index < -0.39 is 19.8 Å². The van der Waals surface area contributed by atoms with E-state index in [0.29, 0.717) is 26.3 Å². The van der Waals surface area contributed by atoms with Gasteiger partial charge in [-0.05, 0) is 0 Å². The van der Waals surface area contributed by atoms with Crippen molar-refractivity contribution < 1.29 is 18.1 Å². The average Bonchev–Trinajstić information content (AvgIpc) is 2.38. The normalized spacial score (nSPS) is 16.1. The highest BCUT2D eigenvalue weighted by atomic mass is 32.2. The van der Waals surface area contributed by atoms with Crippen molar-refractivity contribution in [3.05, 3.63) is 22.2 Å². The fourth-order valence-electron chi connectivity index (χ4n) is 2.00. The molecule has 9 nitrogen and oxygen atoms in total. The molecule has 0 bridgehead atoms. The minimum Gasteiger partial charge on any atom is -0.396 e. The van der Waals surface area contributed by atoms with Crippen LogP contribution in [0.4, 0.5) is 17.1 Å². The number of nitro benzene ring substituents is 1. The molecule has 0 aliphatic carbocycles. The van der Waals surface area contributed by atoms with E-state index in [1.165, 1.54) is 6.07 Å². The largest absolute Gasteiger partial charge is 0.396 e. The molecule has 0 spiro atoms. The molecule has 0 radical (unpaired) electrons. The maximum absolute atomic E-state index is 11.5. The Labute approximate surface area is 115 Å². The molecular weight excluding hydrogens is 288 g/mol. The second-order valence-electron chi connectivity index (χ2n) is 4.28. The first-order valence-electron chi connectivity index (χ1n) is 5.74. The molecule has 20 heavy (non-hydrogen) atoms. The van der Waals surface area contributed by atoms with Gasteiger partial charge in [0, 0.05) is 25.2 Å². The van der Waals surface area contributed by atoms with Crippen molar-refractivity contribution in [1.82, 2.24) is 0 Å². The summed E-state index contributed by atoms with van der Waals surface area (Å²) in [6, 6.07) is 2.12. The van der Waals surface area contributed by atoms with E-state index in [1.807, 2.05) is 0 Å². The number of sulfonamides is 1. The van der Waals surface area contributed by atoms with Crippen molar-refractivity contribution in [2.24, 2.45) is 5.14 Å². The molecule has 1 aromatic rings. The molecule has 2 rings (SSSR count). The Morgan fingerprint density at radius 1 is 1.30 bits per heavy atom. The molecule has 0 amide bonds. The van der Waals surface area contributed by atoms with Gasteiger partial charge in [-0.25, -0.2) is 13.6 Å². The first-order valence-corrected chi connectivity index (χ1v) is 7.29. The smallest absolute Gasteiger partial charge is 0.273 e. The third-order valence-corrected chi connectivity index (χ3v) is 3.92. The SMILES string of the molecule is Nc1c(N2CCOCC2)cc([N+](=O)[O-])cc1S(N)(=O)=O. The highest BCUT2D eigenvalue weighted by Crippen LogP contribution is 2.34. The Morgan fingerprint density at radius 2 is 1.90 bits per heavy atom. The van der Waals surface area contributed by atoms with Gasteiger partial charge in [0.15, 0.2) is 0 Å². The molecule has 1 aliphatic rings. The van der Waals surface area contributed by atoms with E-state index in [-0.39, 0.29) is 17.1 Å².